The lowest BCUT2D eigenvalue weighted by molar-refractivity contribution is -0.172. The molecule has 0 N–H and O–H groups in total. The predicted octanol–water partition coefficient (Wildman–Crippen LogP) is 2.09. The van der Waals surface area contributed by atoms with Crippen molar-refractivity contribution >= 4 is 11.7 Å². The Hall–Kier alpha value is -2.52. The van der Waals surface area contributed by atoms with Gasteiger partial charge in [0.25, 0.3) is 5.91 Å². The normalized spacial score (nSPS) is 17.8. The van der Waals surface area contributed by atoms with Crippen LogP contribution in [0.5, 0.6) is 5.88 Å². The van der Waals surface area contributed by atoms with E-state index in [0.29, 0.717) is 5.69 Å². The van der Waals surface area contributed by atoms with E-state index in [4.69, 9.17) is 4.74 Å². The van der Waals surface area contributed by atoms with Gasteiger partial charge in [0.15, 0.2) is 6.04 Å². The fourth-order valence-corrected chi connectivity index (χ4v) is 2.84. The minimum atomic E-state index is -4.42. The average molecular weight is 343 g/mol. The summed E-state index contributed by atoms with van der Waals surface area (Å²) in [6, 6.07) is -0.264. The number of hydrogen-bond donors (Lipinski definition) is 0. The summed E-state index contributed by atoms with van der Waals surface area (Å²) in [5.41, 5.74) is 0.605. The highest BCUT2D eigenvalue weighted by Crippen LogP contribution is 2.40. The smallest absolute Gasteiger partial charge is 0.410 e. The van der Waals surface area contributed by atoms with Crippen LogP contribution in [-0.2, 0) is 7.05 Å². The molecular formula is C14H16F3N5O2. The highest BCUT2D eigenvalue weighted by atomic mass is 19.4. The number of anilines is 1. The van der Waals surface area contributed by atoms with Crippen molar-refractivity contribution in [1.82, 2.24) is 19.6 Å². The van der Waals surface area contributed by atoms with Gasteiger partial charge in [0.1, 0.15) is 11.4 Å². The molecule has 0 aromatic carbocycles. The van der Waals surface area contributed by atoms with E-state index in [9.17, 15) is 18.0 Å². The van der Waals surface area contributed by atoms with Crippen molar-refractivity contribution in [2.75, 3.05) is 18.6 Å². The van der Waals surface area contributed by atoms with Gasteiger partial charge in [-0.1, -0.05) is 0 Å². The number of ether oxygens (including phenoxy) is 1. The van der Waals surface area contributed by atoms with Gasteiger partial charge in [0.2, 0.25) is 5.88 Å². The monoisotopic (exact) mass is 343 g/mol. The Bertz CT molecular complexity index is 780. The lowest BCUT2D eigenvalue weighted by Gasteiger charge is -2.33. The number of aryl methyl sites for hydroxylation is 2. The summed E-state index contributed by atoms with van der Waals surface area (Å²) >= 11 is 0. The third-order valence-electron chi connectivity index (χ3n) is 3.88. The predicted molar refractivity (Wildman–Crippen MR) is 78.1 cm³/mol. The van der Waals surface area contributed by atoms with Crippen LogP contribution in [-0.4, -0.2) is 45.3 Å². The molecule has 1 aliphatic rings. The van der Waals surface area contributed by atoms with Gasteiger partial charge in [-0.2, -0.15) is 18.3 Å². The van der Waals surface area contributed by atoms with Gasteiger partial charge in [0.05, 0.1) is 12.8 Å². The van der Waals surface area contributed by atoms with Crippen LogP contribution in [0.4, 0.5) is 19.0 Å². The molecule has 130 valence electrons. The van der Waals surface area contributed by atoms with Crippen LogP contribution >= 0.6 is 0 Å². The second-order valence-electron chi connectivity index (χ2n) is 5.62. The molecule has 1 amide bonds. The van der Waals surface area contributed by atoms with Gasteiger partial charge in [-0.3, -0.25) is 14.4 Å². The van der Waals surface area contributed by atoms with Crippen LogP contribution in [0.25, 0.3) is 0 Å². The molecule has 3 rings (SSSR count). The summed E-state index contributed by atoms with van der Waals surface area (Å²) in [6.45, 7) is 1.53. The third kappa shape index (κ3) is 2.61. The summed E-state index contributed by atoms with van der Waals surface area (Å²) < 4.78 is 47.0. The molecule has 1 atom stereocenters. The molecule has 0 radical (unpaired) electrons. The minimum absolute atomic E-state index is 0.0633. The van der Waals surface area contributed by atoms with Gasteiger partial charge >= 0.3 is 6.18 Å². The maximum absolute atomic E-state index is 13.2. The molecule has 2 aromatic heterocycles. The Kier molecular flexibility index (Phi) is 3.77. The fraction of sp³-hybridized carbons (Fsp3) is 0.500. The first-order valence-corrected chi connectivity index (χ1v) is 7.24. The maximum Gasteiger partial charge on any atom is 0.410 e. The van der Waals surface area contributed by atoms with Crippen molar-refractivity contribution in [3.63, 3.8) is 0 Å². The quantitative estimate of drug-likeness (QED) is 0.838. The Balaban J connectivity index is 2.01. The van der Waals surface area contributed by atoms with Gasteiger partial charge in [0, 0.05) is 25.9 Å². The van der Waals surface area contributed by atoms with Crippen molar-refractivity contribution in [1.29, 1.82) is 0 Å². The van der Waals surface area contributed by atoms with E-state index in [1.165, 1.54) is 29.0 Å². The lowest BCUT2D eigenvalue weighted by Crippen LogP contribution is -2.43. The van der Waals surface area contributed by atoms with E-state index in [-0.39, 0.29) is 30.2 Å². The molecule has 3 heterocycles. The number of methoxy groups -OCH3 is 1. The number of alkyl halides is 3. The number of amides is 1. The van der Waals surface area contributed by atoms with Crippen LogP contribution in [0, 0.1) is 6.92 Å². The Morgan fingerprint density at radius 3 is 2.71 bits per heavy atom. The average Bonchev–Trinajstić information content (AvgIpc) is 3.06. The molecule has 7 nitrogen and oxygen atoms in total. The summed E-state index contributed by atoms with van der Waals surface area (Å²) in [4.78, 5) is 14.1. The second-order valence-corrected chi connectivity index (χ2v) is 5.62. The van der Waals surface area contributed by atoms with Crippen LogP contribution in [0.3, 0.4) is 0 Å². The summed E-state index contributed by atoms with van der Waals surface area (Å²) in [5, 5.41) is 7.93. The van der Waals surface area contributed by atoms with E-state index in [0.717, 1.165) is 4.68 Å². The molecule has 0 saturated heterocycles. The van der Waals surface area contributed by atoms with E-state index in [1.807, 2.05) is 0 Å². The van der Waals surface area contributed by atoms with Gasteiger partial charge in [-0.05, 0) is 13.3 Å². The molecular weight excluding hydrogens is 327 g/mol. The van der Waals surface area contributed by atoms with E-state index < -0.39 is 18.1 Å². The minimum Gasteiger partial charge on any atom is -0.479 e. The van der Waals surface area contributed by atoms with Crippen molar-refractivity contribution in [3.8, 4) is 5.88 Å². The largest absolute Gasteiger partial charge is 0.479 e. The van der Waals surface area contributed by atoms with E-state index in [2.05, 4.69) is 10.2 Å². The number of hydrogen-bond acceptors (Lipinski definition) is 4. The SMILES string of the molecule is COc1nn(C)cc1C(=O)N1CCC(C(F)(F)F)n2nc(C)cc21. The number of rotatable bonds is 2. The summed E-state index contributed by atoms with van der Waals surface area (Å²) in [5.74, 6) is -0.220. The number of carbonyl (C=O) groups is 1. The van der Waals surface area contributed by atoms with E-state index >= 15 is 0 Å². The summed E-state index contributed by atoms with van der Waals surface area (Å²) in [6.07, 6.45) is -3.20. The number of fused-ring (bicyclic) bond motifs is 1. The Morgan fingerprint density at radius 2 is 2.08 bits per heavy atom. The highest BCUT2D eigenvalue weighted by molar-refractivity contribution is 6.07. The fourth-order valence-electron chi connectivity index (χ4n) is 2.84. The standard InChI is InChI=1S/C14H16F3N5O2/c1-8-6-11-21(5-4-10(14(15,16)17)22(11)18-8)13(23)9-7-20(2)19-12(9)24-3/h6-7,10H,4-5H2,1-3H3. The number of nitrogens with zero attached hydrogens (tertiary/aromatic N) is 5. The van der Waals surface area contributed by atoms with Crippen molar-refractivity contribution < 1.29 is 22.7 Å². The highest BCUT2D eigenvalue weighted by Gasteiger charge is 2.46. The second kappa shape index (κ2) is 5.53. The Morgan fingerprint density at radius 1 is 1.38 bits per heavy atom. The first-order chi connectivity index (χ1) is 11.2. The van der Waals surface area contributed by atoms with Gasteiger partial charge in [-0.15, -0.1) is 5.10 Å². The molecule has 10 heteroatoms. The van der Waals surface area contributed by atoms with Gasteiger partial charge < -0.3 is 4.74 Å². The Labute approximate surface area is 135 Å². The molecule has 1 aliphatic heterocycles. The van der Waals surface area contributed by atoms with E-state index in [1.54, 1.807) is 14.0 Å². The molecule has 0 fully saturated rings. The maximum atomic E-state index is 13.2. The molecule has 0 spiro atoms. The first-order valence-electron chi connectivity index (χ1n) is 7.24. The molecule has 0 bridgehead atoms. The van der Waals surface area contributed by atoms with Gasteiger partial charge in [-0.25, -0.2) is 4.68 Å². The zero-order valence-electron chi connectivity index (χ0n) is 13.3. The number of aromatic nitrogens is 4. The van der Waals surface area contributed by atoms with Crippen molar-refractivity contribution in [2.45, 2.75) is 25.6 Å². The zero-order chi connectivity index (χ0) is 17.6. The molecule has 24 heavy (non-hydrogen) atoms. The van der Waals surface area contributed by atoms with Crippen molar-refractivity contribution in [2.24, 2.45) is 7.05 Å². The van der Waals surface area contributed by atoms with Crippen LogP contribution in [0.2, 0.25) is 0 Å². The summed E-state index contributed by atoms with van der Waals surface area (Å²) in [7, 11) is 3.01. The molecule has 1 unspecified atom stereocenters. The van der Waals surface area contributed by atoms with Crippen molar-refractivity contribution in [3.05, 3.63) is 23.5 Å². The first kappa shape index (κ1) is 16.3. The van der Waals surface area contributed by atoms with Crippen LogP contribution in [0.15, 0.2) is 12.3 Å². The number of halogens is 3. The topological polar surface area (TPSA) is 65.2 Å². The molecule has 2 aromatic rings. The number of carbonyl (C=O) groups excluding carboxylic acids is 1. The molecule has 0 aliphatic carbocycles. The van der Waals surface area contributed by atoms with Crippen LogP contribution in [0.1, 0.15) is 28.5 Å². The zero-order valence-corrected chi connectivity index (χ0v) is 13.3. The molecule has 0 saturated carbocycles. The lowest BCUT2D eigenvalue weighted by atomic mass is 10.1. The van der Waals surface area contributed by atoms with Crippen LogP contribution < -0.4 is 9.64 Å². The third-order valence-corrected chi connectivity index (χ3v) is 3.88.